The lowest BCUT2D eigenvalue weighted by atomic mass is 9.73. The van der Waals surface area contributed by atoms with Gasteiger partial charge in [0.1, 0.15) is 12.2 Å². The molecule has 3 rings (SSSR count). The molecule has 1 fully saturated rings. The maximum atomic E-state index is 12.8. The molecule has 160 valence electrons. The molecule has 0 amide bonds. The number of fused-ring (bicyclic) bond motifs is 1. The highest BCUT2D eigenvalue weighted by Crippen LogP contribution is 2.45. The second-order valence-corrected chi connectivity index (χ2v) is 8.01. The van der Waals surface area contributed by atoms with Crippen LogP contribution >= 0.6 is 0 Å². The Morgan fingerprint density at radius 2 is 1.97 bits per heavy atom. The average Bonchev–Trinajstić information content (AvgIpc) is 2.99. The van der Waals surface area contributed by atoms with E-state index in [9.17, 15) is 14.4 Å². The lowest BCUT2D eigenvalue weighted by molar-refractivity contribution is -0.141. The second kappa shape index (κ2) is 9.28. The Labute approximate surface area is 176 Å². The lowest BCUT2D eigenvalue weighted by Crippen LogP contribution is -2.40. The van der Waals surface area contributed by atoms with Crippen molar-refractivity contribution in [1.82, 2.24) is 0 Å². The lowest BCUT2D eigenvalue weighted by Gasteiger charge is -2.37. The van der Waals surface area contributed by atoms with E-state index in [0.29, 0.717) is 30.6 Å². The number of benzene rings is 1. The Balaban J connectivity index is 1.84. The first-order valence-corrected chi connectivity index (χ1v) is 10.3. The van der Waals surface area contributed by atoms with Crippen LogP contribution in [0.2, 0.25) is 0 Å². The maximum Gasteiger partial charge on any atom is 0.338 e. The molecule has 0 unspecified atom stereocenters. The third-order valence-electron chi connectivity index (χ3n) is 5.82. The summed E-state index contributed by atoms with van der Waals surface area (Å²) in [6.07, 6.45) is 1.08. The fraction of sp³-hybridized carbons (Fsp3) is 0.458. The normalized spacial score (nSPS) is 24.2. The minimum atomic E-state index is -0.612. The third kappa shape index (κ3) is 4.64. The van der Waals surface area contributed by atoms with Crippen molar-refractivity contribution in [1.29, 1.82) is 0 Å². The van der Waals surface area contributed by atoms with E-state index in [-0.39, 0.29) is 23.9 Å². The summed E-state index contributed by atoms with van der Waals surface area (Å²) in [6.45, 7) is 9.71. The number of hydrogen-bond donors (Lipinski definition) is 0. The monoisotopic (exact) mass is 412 g/mol. The van der Waals surface area contributed by atoms with Gasteiger partial charge in [-0.1, -0.05) is 37.3 Å². The molecule has 0 radical (unpaired) electrons. The number of hydrogen-bond acceptors (Lipinski definition) is 6. The molecule has 1 heterocycles. The predicted octanol–water partition coefficient (Wildman–Crippen LogP) is 4.01. The Bertz CT molecular complexity index is 869. The summed E-state index contributed by atoms with van der Waals surface area (Å²) in [5, 5.41) is 0. The van der Waals surface area contributed by atoms with E-state index in [1.807, 2.05) is 13.0 Å². The minimum Gasteiger partial charge on any atom is -0.466 e. The molecule has 1 saturated heterocycles. The molecule has 0 aromatic heterocycles. The molecule has 30 heavy (non-hydrogen) atoms. The van der Waals surface area contributed by atoms with E-state index < -0.39 is 18.0 Å². The van der Waals surface area contributed by atoms with Crippen LogP contribution in [0, 0.1) is 11.8 Å². The van der Waals surface area contributed by atoms with Crippen LogP contribution in [0.15, 0.2) is 53.6 Å². The Morgan fingerprint density at radius 3 is 2.63 bits per heavy atom. The van der Waals surface area contributed by atoms with Crippen LogP contribution in [-0.4, -0.2) is 36.7 Å². The van der Waals surface area contributed by atoms with E-state index in [0.717, 1.165) is 17.6 Å². The largest absolute Gasteiger partial charge is 0.466 e. The highest BCUT2D eigenvalue weighted by atomic mass is 16.6. The first-order valence-electron chi connectivity index (χ1n) is 10.3. The van der Waals surface area contributed by atoms with E-state index in [1.165, 1.54) is 6.92 Å². The van der Waals surface area contributed by atoms with Gasteiger partial charge in [0.25, 0.3) is 0 Å². The molecule has 0 bridgehead atoms. The number of carbonyl (C=O) groups excluding carboxylic acids is 3. The van der Waals surface area contributed by atoms with Crippen molar-refractivity contribution in [3.05, 3.63) is 59.2 Å². The van der Waals surface area contributed by atoms with Gasteiger partial charge in [0.05, 0.1) is 18.1 Å². The summed E-state index contributed by atoms with van der Waals surface area (Å²) in [7, 11) is 0. The van der Waals surface area contributed by atoms with Crippen LogP contribution in [0.1, 0.15) is 50.4 Å². The molecule has 4 atom stereocenters. The van der Waals surface area contributed by atoms with Gasteiger partial charge in [-0.25, -0.2) is 9.59 Å². The van der Waals surface area contributed by atoms with E-state index in [2.05, 4.69) is 13.5 Å². The van der Waals surface area contributed by atoms with Gasteiger partial charge < -0.3 is 14.2 Å². The van der Waals surface area contributed by atoms with Crippen molar-refractivity contribution < 1.29 is 28.6 Å². The van der Waals surface area contributed by atoms with Crippen molar-refractivity contribution in [3.8, 4) is 0 Å². The fourth-order valence-corrected chi connectivity index (χ4v) is 4.41. The van der Waals surface area contributed by atoms with Gasteiger partial charge in [-0.15, -0.1) is 0 Å². The molecule has 0 N–H and O–H groups in total. The first-order chi connectivity index (χ1) is 14.3. The zero-order chi connectivity index (χ0) is 21.8. The third-order valence-corrected chi connectivity index (χ3v) is 5.82. The molecule has 0 spiro atoms. The number of esters is 3. The highest BCUT2D eigenvalue weighted by molar-refractivity contribution is 5.92. The van der Waals surface area contributed by atoms with Crippen LogP contribution < -0.4 is 0 Å². The number of rotatable bonds is 7. The van der Waals surface area contributed by atoms with Gasteiger partial charge >= 0.3 is 17.9 Å². The van der Waals surface area contributed by atoms with Crippen LogP contribution in [0.3, 0.4) is 0 Å². The number of carbonyl (C=O) groups is 3. The molecule has 1 aliphatic carbocycles. The van der Waals surface area contributed by atoms with Crippen molar-refractivity contribution in [3.63, 3.8) is 0 Å². The van der Waals surface area contributed by atoms with Crippen molar-refractivity contribution >= 4 is 17.9 Å². The molecule has 1 aliphatic heterocycles. The maximum absolute atomic E-state index is 12.8. The molecular formula is C24H28O6. The minimum absolute atomic E-state index is 0.0820. The van der Waals surface area contributed by atoms with Crippen LogP contribution in [0.4, 0.5) is 0 Å². The van der Waals surface area contributed by atoms with E-state index in [1.54, 1.807) is 24.3 Å². The van der Waals surface area contributed by atoms with Crippen molar-refractivity contribution in [2.24, 2.45) is 11.8 Å². The molecule has 6 nitrogen and oxygen atoms in total. The summed E-state index contributed by atoms with van der Waals surface area (Å²) in [5.41, 5.74) is 2.87. The molecule has 0 saturated carbocycles. The highest BCUT2D eigenvalue weighted by Gasteiger charge is 2.50. The standard InChI is InChI=1S/C24H28O6/c1-14(9-8-12-28-17(4)25)20-15(2)13-19-21(16(3)23(26)29-19)22(20)30-24(27)18-10-6-5-7-11-18/h5-7,10-11,14,19,21-22H,3,8-9,12-13H2,1-2,4H3/t14-,19+,21+,22+/m0/s1. The van der Waals surface area contributed by atoms with Crippen molar-refractivity contribution in [2.75, 3.05) is 6.61 Å². The topological polar surface area (TPSA) is 78.9 Å². The zero-order valence-corrected chi connectivity index (χ0v) is 17.7. The van der Waals surface area contributed by atoms with Gasteiger partial charge in [-0.05, 0) is 43.4 Å². The van der Waals surface area contributed by atoms with Crippen LogP contribution in [-0.2, 0) is 23.8 Å². The fourth-order valence-electron chi connectivity index (χ4n) is 4.41. The van der Waals surface area contributed by atoms with Crippen LogP contribution in [0.5, 0.6) is 0 Å². The molecule has 1 aromatic rings. The summed E-state index contributed by atoms with van der Waals surface area (Å²) in [6, 6.07) is 8.79. The van der Waals surface area contributed by atoms with E-state index in [4.69, 9.17) is 14.2 Å². The molecule has 2 aliphatic rings. The first kappa shape index (κ1) is 21.8. The van der Waals surface area contributed by atoms with Gasteiger partial charge in [0.15, 0.2) is 0 Å². The Morgan fingerprint density at radius 1 is 1.27 bits per heavy atom. The van der Waals surface area contributed by atoms with E-state index >= 15 is 0 Å². The Hall–Kier alpha value is -2.89. The average molecular weight is 412 g/mol. The van der Waals surface area contributed by atoms with Gasteiger partial charge in [0, 0.05) is 18.9 Å². The number of ether oxygens (including phenoxy) is 3. The van der Waals surface area contributed by atoms with Gasteiger partial charge in [-0.3, -0.25) is 4.79 Å². The summed E-state index contributed by atoms with van der Waals surface area (Å²) < 4.78 is 16.5. The SMILES string of the molecule is C=C1C(=O)O[C@@H]2CC(C)=C([C@@H](C)CCCOC(C)=O)[C@@H](OC(=O)c3ccccc3)[C@H]12. The molecular weight excluding hydrogens is 384 g/mol. The summed E-state index contributed by atoms with van der Waals surface area (Å²) >= 11 is 0. The molecule has 1 aromatic carbocycles. The van der Waals surface area contributed by atoms with Crippen LogP contribution in [0.25, 0.3) is 0 Å². The second-order valence-electron chi connectivity index (χ2n) is 8.01. The Kier molecular flexibility index (Phi) is 6.75. The summed E-state index contributed by atoms with van der Waals surface area (Å²) in [4.78, 5) is 36.0. The predicted molar refractivity (Wildman–Crippen MR) is 111 cm³/mol. The summed E-state index contributed by atoms with van der Waals surface area (Å²) in [5.74, 6) is -1.47. The zero-order valence-electron chi connectivity index (χ0n) is 17.7. The van der Waals surface area contributed by atoms with Gasteiger partial charge in [-0.2, -0.15) is 0 Å². The molecule has 6 heteroatoms. The van der Waals surface area contributed by atoms with Crippen molar-refractivity contribution in [2.45, 2.75) is 52.2 Å². The smallest absolute Gasteiger partial charge is 0.338 e. The van der Waals surface area contributed by atoms with Gasteiger partial charge in [0.2, 0.25) is 0 Å². The quantitative estimate of drug-likeness (QED) is 0.221.